The smallest absolute Gasteiger partial charge is 0.244 e. The summed E-state index contributed by atoms with van der Waals surface area (Å²) in [5.74, 6) is 0.969. The van der Waals surface area contributed by atoms with Crippen molar-refractivity contribution in [2.75, 3.05) is 25.5 Å². The van der Waals surface area contributed by atoms with Gasteiger partial charge in [0, 0.05) is 33.0 Å². The zero-order valence-electron chi connectivity index (χ0n) is 13.3. The number of nitrogens with zero attached hydrogens (tertiary/aromatic N) is 5. The summed E-state index contributed by atoms with van der Waals surface area (Å²) >= 11 is 5.86. The first-order valence-electron chi connectivity index (χ1n) is 7.65. The molecule has 2 aromatic heterocycles. The Morgan fingerprint density at radius 1 is 1.48 bits per heavy atom. The van der Waals surface area contributed by atoms with Gasteiger partial charge in [-0.05, 0) is 30.5 Å². The van der Waals surface area contributed by atoms with E-state index in [0.29, 0.717) is 5.02 Å². The number of hydrogen-bond acceptors (Lipinski definition) is 4. The SMILES string of the molecule is CN(C)c1cc([C@@H]2CCCN2C(=O)Cn2cc(Cl)cn2)ccn1. The molecule has 0 N–H and O–H groups in total. The largest absolute Gasteiger partial charge is 0.363 e. The zero-order valence-corrected chi connectivity index (χ0v) is 14.1. The van der Waals surface area contributed by atoms with Crippen molar-refractivity contribution < 1.29 is 4.79 Å². The summed E-state index contributed by atoms with van der Waals surface area (Å²) in [6, 6.07) is 4.16. The van der Waals surface area contributed by atoms with Crippen molar-refractivity contribution in [1.82, 2.24) is 19.7 Å². The summed E-state index contributed by atoms with van der Waals surface area (Å²) in [6.45, 7) is 0.993. The normalized spacial score (nSPS) is 17.5. The van der Waals surface area contributed by atoms with Gasteiger partial charge in [-0.3, -0.25) is 9.48 Å². The Labute approximate surface area is 140 Å². The highest BCUT2D eigenvalue weighted by molar-refractivity contribution is 6.30. The van der Waals surface area contributed by atoms with E-state index in [0.717, 1.165) is 30.8 Å². The van der Waals surface area contributed by atoms with Crippen LogP contribution in [0, 0.1) is 0 Å². The molecule has 0 unspecified atom stereocenters. The number of halogens is 1. The van der Waals surface area contributed by atoms with Crippen LogP contribution >= 0.6 is 11.6 Å². The minimum Gasteiger partial charge on any atom is -0.363 e. The standard InChI is InChI=1S/C16H20ClN5O/c1-20(2)15-8-12(5-6-18-15)14-4-3-7-22(14)16(23)11-21-10-13(17)9-19-21/h5-6,8-10,14H,3-4,7,11H2,1-2H3/t14-/m0/s1. The fourth-order valence-corrected chi connectivity index (χ4v) is 3.11. The molecule has 1 saturated heterocycles. The second-order valence-electron chi connectivity index (χ2n) is 5.94. The van der Waals surface area contributed by atoms with E-state index in [2.05, 4.69) is 16.1 Å². The average molecular weight is 334 g/mol. The molecule has 23 heavy (non-hydrogen) atoms. The van der Waals surface area contributed by atoms with Gasteiger partial charge in [-0.15, -0.1) is 0 Å². The Bertz CT molecular complexity index is 699. The molecule has 1 aliphatic heterocycles. The molecule has 2 aromatic rings. The van der Waals surface area contributed by atoms with Gasteiger partial charge in [0.1, 0.15) is 12.4 Å². The first kappa shape index (κ1) is 15.8. The van der Waals surface area contributed by atoms with Crippen LogP contribution in [-0.4, -0.2) is 46.2 Å². The van der Waals surface area contributed by atoms with E-state index in [1.165, 1.54) is 0 Å². The molecule has 3 rings (SSSR count). The highest BCUT2D eigenvalue weighted by atomic mass is 35.5. The molecule has 0 radical (unpaired) electrons. The van der Waals surface area contributed by atoms with Crippen molar-refractivity contribution in [2.24, 2.45) is 0 Å². The monoisotopic (exact) mass is 333 g/mol. The summed E-state index contributed by atoms with van der Waals surface area (Å²) in [6.07, 6.45) is 7.00. The maximum Gasteiger partial charge on any atom is 0.244 e. The number of carbonyl (C=O) groups excluding carboxylic acids is 1. The lowest BCUT2D eigenvalue weighted by Crippen LogP contribution is -2.33. The molecule has 1 fully saturated rings. The average Bonchev–Trinajstić information content (AvgIpc) is 3.16. The zero-order chi connectivity index (χ0) is 16.4. The van der Waals surface area contributed by atoms with Crippen molar-refractivity contribution in [1.29, 1.82) is 0 Å². The molecule has 0 saturated carbocycles. The molecule has 122 valence electrons. The number of aromatic nitrogens is 3. The maximum atomic E-state index is 12.6. The Kier molecular flexibility index (Phi) is 4.52. The topological polar surface area (TPSA) is 54.3 Å². The molecule has 6 nitrogen and oxygen atoms in total. The predicted molar refractivity (Wildman–Crippen MR) is 89.5 cm³/mol. The van der Waals surface area contributed by atoms with Crippen molar-refractivity contribution in [3.63, 3.8) is 0 Å². The minimum atomic E-state index is 0.0653. The number of likely N-dealkylation sites (tertiary alicyclic amines) is 1. The number of anilines is 1. The predicted octanol–water partition coefficient (Wildman–Crippen LogP) is 2.36. The van der Waals surface area contributed by atoms with Crippen LogP contribution in [0.2, 0.25) is 5.02 Å². The molecular formula is C16H20ClN5O. The maximum absolute atomic E-state index is 12.6. The Morgan fingerprint density at radius 3 is 3.00 bits per heavy atom. The van der Waals surface area contributed by atoms with Gasteiger partial charge < -0.3 is 9.80 Å². The number of pyridine rings is 1. The summed E-state index contributed by atoms with van der Waals surface area (Å²) in [4.78, 5) is 20.9. The van der Waals surface area contributed by atoms with E-state index in [4.69, 9.17) is 11.6 Å². The fourth-order valence-electron chi connectivity index (χ4n) is 2.95. The van der Waals surface area contributed by atoms with Crippen LogP contribution in [0.4, 0.5) is 5.82 Å². The Hall–Kier alpha value is -2.08. The highest BCUT2D eigenvalue weighted by Gasteiger charge is 2.30. The summed E-state index contributed by atoms with van der Waals surface area (Å²) < 4.78 is 1.58. The Balaban J connectivity index is 1.77. The Morgan fingerprint density at radius 2 is 2.30 bits per heavy atom. The van der Waals surface area contributed by atoms with Crippen LogP contribution in [0.3, 0.4) is 0 Å². The van der Waals surface area contributed by atoms with Crippen LogP contribution in [0.5, 0.6) is 0 Å². The molecule has 1 amide bonds. The van der Waals surface area contributed by atoms with Gasteiger partial charge in [0.25, 0.3) is 0 Å². The van der Waals surface area contributed by atoms with Gasteiger partial charge in [0.05, 0.1) is 17.3 Å². The van der Waals surface area contributed by atoms with Crippen LogP contribution in [-0.2, 0) is 11.3 Å². The van der Waals surface area contributed by atoms with Gasteiger partial charge in [0.15, 0.2) is 0 Å². The van der Waals surface area contributed by atoms with Crippen LogP contribution < -0.4 is 4.90 Å². The van der Waals surface area contributed by atoms with Gasteiger partial charge in [-0.2, -0.15) is 5.10 Å². The van der Waals surface area contributed by atoms with E-state index >= 15 is 0 Å². The second-order valence-corrected chi connectivity index (χ2v) is 6.38. The van der Waals surface area contributed by atoms with Crippen molar-refractivity contribution in [3.05, 3.63) is 41.3 Å². The molecule has 1 aliphatic rings. The molecule has 0 bridgehead atoms. The molecule has 7 heteroatoms. The lowest BCUT2D eigenvalue weighted by atomic mass is 10.1. The molecule has 0 spiro atoms. The lowest BCUT2D eigenvalue weighted by molar-refractivity contribution is -0.133. The van der Waals surface area contributed by atoms with E-state index in [1.807, 2.05) is 30.0 Å². The number of rotatable bonds is 4. The quantitative estimate of drug-likeness (QED) is 0.862. The number of carbonyl (C=O) groups is 1. The van der Waals surface area contributed by atoms with Crippen molar-refractivity contribution in [2.45, 2.75) is 25.4 Å². The first-order valence-corrected chi connectivity index (χ1v) is 8.03. The van der Waals surface area contributed by atoms with E-state index in [1.54, 1.807) is 23.3 Å². The molecule has 3 heterocycles. The summed E-state index contributed by atoms with van der Waals surface area (Å²) in [5, 5.41) is 4.62. The number of hydrogen-bond donors (Lipinski definition) is 0. The molecule has 0 aliphatic carbocycles. The second kappa shape index (κ2) is 6.58. The van der Waals surface area contributed by atoms with Crippen LogP contribution in [0.25, 0.3) is 0 Å². The summed E-state index contributed by atoms with van der Waals surface area (Å²) in [7, 11) is 3.93. The van der Waals surface area contributed by atoms with Crippen LogP contribution in [0.1, 0.15) is 24.4 Å². The van der Waals surface area contributed by atoms with Gasteiger partial charge in [0.2, 0.25) is 5.91 Å². The highest BCUT2D eigenvalue weighted by Crippen LogP contribution is 2.33. The summed E-state index contributed by atoms with van der Waals surface area (Å²) in [5.41, 5.74) is 1.13. The van der Waals surface area contributed by atoms with Gasteiger partial charge in [-0.1, -0.05) is 11.6 Å². The minimum absolute atomic E-state index is 0.0653. The van der Waals surface area contributed by atoms with Gasteiger partial charge >= 0.3 is 0 Å². The molecule has 0 aromatic carbocycles. The van der Waals surface area contributed by atoms with E-state index in [9.17, 15) is 4.79 Å². The third-order valence-corrected chi connectivity index (χ3v) is 4.28. The third-order valence-electron chi connectivity index (χ3n) is 4.08. The number of amides is 1. The fraction of sp³-hybridized carbons (Fsp3) is 0.438. The van der Waals surface area contributed by atoms with Crippen molar-refractivity contribution >= 4 is 23.3 Å². The van der Waals surface area contributed by atoms with Crippen LogP contribution in [0.15, 0.2) is 30.7 Å². The van der Waals surface area contributed by atoms with Gasteiger partial charge in [-0.25, -0.2) is 4.98 Å². The lowest BCUT2D eigenvalue weighted by Gasteiger charge is -2.26. The first-order chi connectivity index (χ1) is 11.0. The third kappa shape index (κ3) is 3.47. The molecule has 1 atom stereocenters. The van der Waals surface area contributed by atoms with Crippen molar-refractivity contribution in [3.8, 4) is 0 Å². The molecular weight excluding hydrogens is 314 g/mol. The van der Waals surface area contributed by atoms with E-state index in [-0.39, 0.29) is 18.5 Å². The van der Waals surface area contributed by atoms with E-state index < -0.39 is 0 Å².